The number of benzene rings is 1. The molecule has 6 heteroatoms. The molecule has 116 valence electrons. The summed E-state index contributed by atoms with van der Waals surface area (Å²) in [5.41, 5.74) is 7.10. The van der Waals surface area contributed by atoms with E-state index in [0.29, 0.717) is 24.8 Å². The molecule has 0 spiro atoms. The highest BCUT2D eigenvalue weighted by molar-refractivity contribution is 7.88. The number of hydrogen-bond acceptors (Lipinski definition) is 4. The molecule has 1 aromatic rings. The lowest BCUT2D eigenvalue weighted by atomic mass is 10.0. The number of anilines is 1. The average Bonchev–Trinajstić information content (AvgIpc) is 2.49. The lowest BCUT2D eigenvalue weighted by molar-refractivity contribution is 0.0851. The Morgan fingerprint density at radius 2 is 1.86 bits per heavy atom. The number of piperazine rings is 1. The summed E-state index contributed by atoms with van der Waals surface area (Å²) >= 11 is 0. The second-order valence-electron chi connectivity index (χ2n) is 6.04. The van der Waals surface area contributed by atoms with Crippen LogP contribution in [0.4, 0.5) is 5.69 Å². The number of hydrogen-bond donors (Lipinski definition) is 1. The summed E-state index contributed by atoms with van der Waals surface area (Å²) in [4.78, 5) is 2.44. The van der Waals surface area contributed by atoms with Crippen LogP contribution >= 0.6 is 0 Å². The molecule has 2 heterocycles. The Morgan fingerprint density at radius 1 is 1.10 bits per heavy atom. The Morgan fingerprint density at radius 3 is 2.62 bits per heavy atom. The van der Waals surface area contributed by atoms with Gasteiger partial charge in [-0.05, 0) is 37.1 Å². The van der Waals surface area contributed by atoms with Gasteiger partial charge in [-0.2, -0.15) is 4.31 Å². The van der Waals surface area contributed by atoms with Gasteiger partial charge in [0.2, 0.25) is 10.0 Å². The maximum atomic E-state index is 12.6. The standard InChI is InChI=1S/C15H23N3O2S/c16-14-6-4-13(5-7-14)12-21(19,20)18-10-9-17-8-2-1-3-15(17)11-18/h4-7,15H,1-3,8-12,16H2. The average molecular weight is 309 g/mol. The first kappa shape index (κ1) is 14.8. The lowest BCUT2D eigenvalue weighted by Crippen LogP contribution is -2.56. The molecule has 0 radical (unpaired) electrons. The van der Waals surface area contributed by atoms with Crippen molar-refractivity contribution in [1.29, 1.82) is 0 Å². The van der Waals surface area contributed by atoms with Crippen LogP contribution in [-0.4, -0.2) is 49.8 Å². The van der Waals surface area contributed by atoms with E-state index in [4.69, 9.17) is 5.73 Å². The Kier molecular flexibility index (Phi) is 4.19. The van der Waals surface area contributed by atoms with Crippen molar-refractivity contribution in [3.05, 3.63) is 29.8 Å². The first-order valence-corrected chi connectivity index (χ1v) is 9.22. The van der Waals surface area contributed by atoms with Crippen molar-refractivity contribution in [2.45, 2.75) is 31.1 Å². The summed E-state index contributed by atoms with van der Waals surface area (Å²) in [6.07, 6.45) is 3.58. The van der Waals surface area contributed by atoms with E-state index in [-0.39, 0.29) is 5.75 Å². The molecule has 2 saturated heterocycles. The lowest BCUT2D eigenvalue weighted by Gasteiger charge is -2.43. The smallest absolute Gasteiger partial charge is 0.218 e. The number of nitrogens with zero attached hydrogens (tertiary/aromatic N) is 2. The normalized spacial score (nSPS) is 24.7. The number of sulfonamides is 1. The zero-order valence-corrected chi connectivity index (χ0v) is 13.1. The SMILES string of the molecule is Nc1ccc(CS(=O)(=O)N2CCN3CCCCC3C2)cc1. The third kappa shape index (κ3) is 3.39. The van der Waals surface area contributed by atoms with Gasteiger partial charge in [0.15, 0.2) is 0 Å². The molecule has 3 rings (SSSR count). The van der Waals surface area contributed by atoms with Crippen molar-refractivity contribution < 1.29 is 8.42 Å². The van der Waals surface area contributed by atoms with Gasteiger partial charge in [-0.3, -0.25) is 4.90 Å². The molecule has 1 atom stereocenters. The summed E-state index contributed by atoms with van der Waals surface area (Å²) in [7, 11) is -3.23. The molecule has 0 aliphatic carbocycles. The van der Waals surface area contributed by atoms with E-state index in [0.717, 1.165) is 25.1 Å². The van der Waals surface area contributed by atoms with Crippen molar-refractivity contribution in [3.63, 3.8) is 0 Å². The zero-order valence-electron chi connectivity index (χ0n) is 12.2. The van der Waals surface area contributed by atoms with Crippen LogP contribution in [0.15, 0.2) is 24.3 Å². The van der Waals surface area contributed by atoms with E-state index < -0.39 is 10.0 Å². The number of nitrogens with two attached hydrogens (primary N) is 1. The molecule has 2 N–H and O–H groups in total. The van der Waals surface area contributed by atoms with Gasteiger partial charge in [0.1, 0.15) is 0 Å². The fraction of sp³-hybridized carbons (Fsp3) is 0.600. The second kappa shape index (κ2) is 5.94. The van der Waals surface area contributed by atoms with Crippen LogP contribution in [0, 0.1) is 0 Å². The molecule has 0 saturated carbocycles. The molecule has 2 aliphatic rings. The van der Waals surface area contributed by atoms with Crippen LogP contribution in [0.25, 0.3) is 0 Å². The molecule has 1 unspecified atom stereocenters. The number of fused-ring (bicyclic) bond motifs is 1. The minimum absolute atomic E-state index is 0.0694. The predicted octanol–water partition coefficient (Wildman–Crippen LogP) is 1.27. The van der Waals surface area contributed by atoms with Crippen LogP contribution in [0.5, 0.6) is 0 Å². The van der Waals surface area contributed by atoms with Crippen LogP contribution in [0.3, 0.4) is 0 Å². The monoisotopic (exact) mass is 309 g/mol. The Balaban J connectivity index is 1.68. The van der Waals surface area contributed by atoms with E-state index in [1.165, 1.54) is 12.8 Å². The maximum Gasteiger partial charge on any atom is 0.218 e. The molecule has 2 fully saturated rings. The van der Waals surface area contributed by atoms with Crippen molar-refractivity contribution in [3.8, 4) is 0 Å². The molecule has 1 aromatic carbocycles. The second-order valence-corrected chi connectivity index (χ2v) is 8.01. The highest BCUT2D eigenvalue weighted by Gasteiger charge is 2.34. The van der Waals surface area contributed by atoms with Crippen molar-refractivity contribution >= 4 is 15.7 Å². The fourth-order valence-corrected chi connectivity index (χ4v) is 4.85. The van der Waals surface area contributed by atoms with Gasteiger partial charge in [0, 0.05) is 31.4 Å². The molecular formula is C15H23N3O2S. The third-order valence-electron chi connectivity index (χ3n) is 4.52. The largest absolute Gasteiger partial charge is 0.399 e. The highest BCUT2D eigenvalue weighted by atomic mass is 32.2. The van der Waals surface area contributed by atoms with Gasteiger partial charge in [0.05, 0.1) is 5.75 Å². The van der Waals surface area contributed by atoms with E-state index in [9.17, 15) is 8.42 Å². The molecule has 21 heavy (non-hydrogen) atoms. The van der Waals surface area contributed by atoms with E-state index >= 15 is 0 Å². The minimum atomic E-state index is -3.23. The summed E-state index contributed by atoms with van der Waals surface area (Å²) in [6, 6.07) is 7.51. The van der Waals surface area contributed by atoms with Crippen molar-refractivity contribution in [1.82, 2.24) is 9.21 Å². The molecule has 0 bridgehead atoms. The first-order chi connectivity index (χ1) is 10.0. The fourth-order valence-electron chi connectivity index (χ4n) is 3.30. The first-order valence-electron chi connectivity index (χ1n) is 7.61. The summed E-state index contributed by atoms with van der Waals surface area (Å²) < 4.78 is 26.9. The Bertz CT molecular complexity index is 585. The third-order valence-corrected chi connectivity index (χ3v) is 6.34. The summed E-state index contributed by atoms with van der Waals surface area (Å²) in [5, 5.41) is 0. The number of piperidine rings is 1. The molecular weight excluding hydrogens is 286 g/mol. The quantitative estimate of drug-likeness (QED) is 0.854. The molecule has 2 aliphatic heterocycles. The van der Waals surface area contributed by atoms with E-state index in [2.05, 4.69) is 4.90 Å². The Hall–Kier alpha value is -1.11. The topological polar surface area (TPSA) is 66.6 Å². The van der Waals surface area contributed by atoms with Gasteiger partial charge in [0.25, 0.3) is 0 Å². The predicted molar refractivity (Wildman–Crippen MR) is 84.3 cm³/mol. The van der Waals surface area contributed by atoms with Crippen LogP contribution in [-0.2, 0) is 15.8 Å². The zero-order chi connectivity index (χ0) is 14.9. The van der Waals surface area contributed by atoms with Gasteiger partial charge in [-0.15, -0.1) is 0 Å². The van der Waals surface area contributed by atoms with Crippen LogP contribution < -0.4 is 5.73 Å². The van der Waals surface area contributed by atoms with Crippen molar-refractivity contribution in [2.24, 2.45) is 0 Å². The summed E-state index contributed by atoms with van der Waals surface area (Å²) in [5.74, 6) is 0.0694. The molecule has 0 amide bonds. The van der Waals surface area contributed by atoms with E-state index in [1.807, 2.05) is 0 Å². The number of nitrogen functional groups attached to an aromatic ring is 1. The molecule has 0 aromatic heterocycles. The van der Waals surface area contributed by atoms with Gasteiger partial charge >= 0.3 is 0 Å². The Labute approximate surface area is 126 Å². The van der Waals surface area contributed by atoms with Crippen LogP contribution in [0.2, 0.25) is 0 Å². The number of rotatable bonds is 3. The highest BCUT2D eigenvalue weighted by Crippen LogP contribution is 2.23. The van der Waals surface area contributed by atoms with E-state index in [1.54, 1.807) is 28.6 Å². The van der Waals surface area contributed by atoms with Gasteiger partial charge in [-0.25, -0.2) is 8.42 Å². The molecule has 5 nitrogen and oxygen atoms in total. The van der Waals surface area contributed by atoms with Gasteiger partial charge in [-0.1, -0.05) is 18.6 Å². The van der Waals surface area contributed by atoms with Crippen LogP contribution in [0.1, 0.15) is 24.8 Å². The van der Waals surface area contributed by atoms with Crippen molar-refractivity contribution in [2.75, 3.05) is 31.9 Å². The maximum absolute atomic E-state index is 12.6. The van der Waals surface area contributed by atoms with Gasteiger partial charge < -0.3 is 5.73 Å². The summed E-state index contributed by atoms with van der Waals surface area (Å²) in [6.45, 7) is 3.26. The minimum Gasteiger partial charge on any atom is -0.399 e.